The van der Waals surface area contributed by atoms with Crippen LogP contribution in [0.2, 0.25) is 0 Å². The minimum absolute atomic E-state index is 0.198. The van der Waals surface area contributed by atoms with E-state index < -0.39 is 11.7 Å². The van der Waals surface area contributed by atoms with Crippen LogP contribution in [-0.4, -0.2) is 26.4 Å². The van der Waals surface area contributed by atoms with Crippen molar-refractivity contribution in [2.45, 2.75) is 46.4 Å². The molecule has 0 saturated carbocycles. The number of ether oxygens (including phenoxy) is 1. The molecule has 0 aliphatic rings. The van der Waals surface area contributed by atoms with Crippen LogP contribution in [0.1, 0.15) is 33.5 Å². The molecule has 1 aromatic carbocycles. The van der Waals surface area contributed by atoms with Gasteiger partial charge in [-0.25, -0.2) is 9.78 Å². The molecule has 21 heavy (non-hydrogen) atoms. The van der Waals surface area contributed by atoms with Gasteiger partial charge in [-0.3, -0.25) is 0 Å². The minimum Gasteiger partial charge on any atom is -0.508 e. The summed E-state index contributed by atoms with van der Waals surface area (Å²) in [4.78, 5) is 16.2. The van der Waals surface area contributed by atoms with Crippen LogP contribution in [0.5, 0.6) is 5.75 Å². The Bertz CT molecular complexity index is 656. The molecule has 0 fully saturated rings. The number of nitrogens with one attached hydrogen (secondary N) is 1. The zero-order chi connectivity index (χ0) is 15.6. The highest BCUT2D eigenvalue weighted by Gasteiger charge is 2.17. The summed E-state index contributed by atoms with van der Waals surface area (Å²) < 4.78 is 7.15. The zero-order valence-corrected chi connectivity index (χ0v) is 12.8. The number of hydrogen-bond acceptors (Lipinski definition) is 4. The van der Waals surface area contributed by atoms with E-state index in [1.54, 1.807) is 18.2 Å². The smallest absolute Gasteiger partial charge is 0.408 e. The predicted molar refractivity (Wildman–Crippen MR) is 80.1 cm³/mol. The first-order valence-corrected chi connectivity index (χ1v) is 6.95. The molecule has 1 heterocycles. The van der Waals surface area contributed by atoms with Gasteiger partial charge in [-0.05, 0) is 39.8 Å². The number of rotatable bonds is 3. The molecule has 1 amide bonds. The summed E-state index contributed by atoms with van der Waals surface area (Å²) in [6, 6.07) is 5.02. The van der Waals surface area contributed by atoms with E-state index in [1.165, 1.54) is 0 Å². The molecule has 2 rings (SSSR count). The Kier molecular flexibility index (Phi) is 4.06. The van der Waals surface area contributed by atoms with Gasteiger partial charge in [-0.1, -0.05) is 0 Å². The van der Waals surface area contributed by atoms with E-state index in [-0.39, 0.29) is 12.3 Å². The van der Waals surface area contributed by atoms with Gasteiger partial charge < -0.3 is 19.7 Å². The van der Waals surface area contributed by atoms with E-state index >= 15 is 0 Å². The number of aromatic nitrogens is 2. The van der Waals surface area contributed by atoms with Crippen LogP contribution in [0.25, 0.3) is 11.0 Å². The van der Waals surface area contributed by atoms with E-state index in [4.69, 9.17) is 4.74 Å². The van der Waals surface area contributed by atoms with Crippen LogP contribution in [0.3, 0.4) is 0 Å². The number of amides is 1. The maximum Gasteiger partial charge on any atom is 0.408 e. The fourth-order valence-electron chi connectivity index (χ4n) is 2.11. The molecule has 2 aromatic rings. The second-order valence-electron chi connectivity index (χ2n) is 5.80. The Morgan fingerprint density at radius 2 is 2.14 bits per heavy atom. The van der Waals surface area contributed by atoms with E-state index in [0.29, 0.717) is 6.54 Å². The zero-order valence-electron chi connectivity index (χ0n) is 12.8. The lowest BCUT2D eigenvalue weighted by molar-refractivity contribution is 0.0521. The maximum absolute atomic E-state index is 11.7. The Labute approximate surface area is 123 Å². The van der Waals surface area contributed by atoms with Crippen LogP contribution in [0.4, 0.5) is 4.79 Å². The number of nitrogens with zero attached hydrogens (tertiary/aromatic N) is 2. The number of aromatic hydroxyl groups is 1. The molecular weight excluding hydrogens is 270 g/mol. The molecule has 0 atom stereocenters. The van der Waals surface area contributed by atoms with Crippen molar-refractivity contribution in [3.05, 3.63) is 24.0 Å². The van der Waals surface area contributed by atoms with Gasteiger partial charge in [0.15, 0.2) is 0 Å². The highest BCUT2D eigenvalue weighted by atomic mass is 16.6. The van der Waals surface area contributed by atoms with Gasteiger partial charge in [-0.15, -0.1) is 0 Å². The highest BCUT2D eigenvalue weighted by molar-refractivity contribution is 5.78. The molecule has 0 saturated heterocycles. The second-order valence-corrected chi connectivity index (χ2v) is 5.80. The number of carbonyl (C=O) groups is 1. The number of phenolic OH excluding ortho intramolecular Hbond substituents is 1. The fourth-order valence-corrected chi connectivity index (χ4v) is 2.11. The molecule has 114 valence electrons. The summed E-state index contributed by atoms with van der Waals surface area (Å²) in [6.45, 7) is 8.41. The van der Waals surface area contributed by atoms with Gasteiger partial charge in [0.1, 0.15) is 17.2 Å². The summed E-state index contributed by atoms with van der Waals surface area (Å²) in [5.74, 6) is 0.924. The number of imidazole rings is 1. The standard InChI is InChI=1S/C15H21N3O3/c1-5-18-12-8-10(19)6-7-11(12)17-13(18)9-16-14(20)21-15(2,3)4/h6-8,19H,5,9H2,1-4H3,(H,16,20). The van der Waals surface area contributed by atoms with E-state index in [1.807, 2.05) is 32.3 Å². The minimum atomic E-state index is -0.527. The lowest BCUT2D eigenvalue weighted by Crippen LogP contribution is -2.32. The molecule has 0 radical (unpaired) electrons. The van der Waals surface area contributed by atoms with Crippen LogP contribution in [0, 0.1) is 0 Å². The monoisotopic (exact) mass is 291 g/mol. The van der Waals surface area contributed by atoms with Crippen molar-refractivity contribution in [3.8, 4) is 5.75 Å². The van der Waals surface area contributed by atoms with Crippen LogP contribution in [0.15, 0.2) is 18.2 Å². The van der Waals surface area contributed by atoms with Crippen molar-refractivity contribution in [1.29, 1.82) is 0 Å². The third kappa shape index (κ3) is 3.65. The summed E-state index contributed by atoms with van der Waals surface area (Å²) in [6.07, 6.45) is -0.472. The lowest BCUT2D eigenvalue weighted by atomic mass is 10.2. The number of carbonyl (C=O) groups excluding carboxylic acids is 1. The number of alkyl carbamates (subject to hydrolysis) is 1. The van der Waals surface area contributed by atoms with Gasteiger partial charge in [0, 0.05) is 12.6 Å². The van der Waals surface area contributed by atoms with E-state index in [2.05, 4.69) is 10.3 Å². The van der Waals surface area contributed by atoms with Gasteiger partial charge in [0.25, 0.3) is 0 Å². The van der Waals surface area contributed by atoms with Crippen LogP contribution < -0.4 is 5.32 Å². The Morgan fingerprint density at radius 1 is 1.43 bits per heavy atom. The molecule has 0 bridgehead atoms. The SMILES string of the molecule is CCn1c(CNC(=O)OC(C)(C)C)nc2ccc(O)cc21. The third-order valence-corrected chi connectivity index (χ3v) is 2.92. The summed E-state index contributed by atoms with van der Waals surface area (Å²) in [7, 11) is 0. The molecule has 0 aliphatic carbocycles. The first kappa shape index (κ1) is 15.2. The molecule has 2 N–H and O–H groups in total. The Balaban J connectivity index is 2.17. The molecule has 0 spiro atoms. The molecule has 1 aromatic heterocycles. The summed E-state index contributed by atoms with van der Waals surface area (Å²) in [5.41, 5.74) is 1.11. The normalized spacial score (nSPS) is 11.6. The first-order chi connectivity index (χ1) is 9.80. The van der Waals surface area contributed by atoms with Gasteiger partial charge in [0.2, 0.25) is 0 Å². The quantitative estimate of drug-likeness (QED) is 0.911. The molecular formula is C15H21N3O3. The summed E-state index contributed by atoms with van der Waals surface area (Å²) in [5, 5.41) is 12.3. The van der Waals surface area contributed by atoms with Crippen molar-refractivity contribution in [2.24, 2.45) is 0 Å². The molecule has 6 heteroatoms. The number of aryl methyl sites for hydroxylation is 1. The van der Waals surface area contributed by atoms with Gasteiger partial charge >= 0.3 is 6.09 Å². The van der Waals surface area contributed by atoms with E-state index in [0.717, 1.165) is 16.9 Å². The number of benzene rings is 1. The molecule has 0 unspecified atom stereocenters. The topological polar surface area (TPSA) is 76.4 Å². The highest BCUT2D eigenvalue weighted by Crippen LogP contribution is 2.21. The number of fused-ring (bicyclic) bond motifs is 1. The van der Waals surface area contributed by atoms with Gasteiger partial charge in [-0.2, -0.15) is 0 Å². The van der Waals surface area contributed by atoms with Crippen molar-refractivity contribution >= 4 is 17.1 Å². The predicted octanol–water partition coefficient (Wildman–Crippen LogP) is 2.79. The largest absolute Gasteiger partial charge is 0.508 e. The third-order valence-electron chi connectivity index (χ3n) is 2.92. The van der Waals surface area contributed by atoms with Crippen molar-refractivity contribution in [2.75, 3.05) is 0 Å². The van der Waals surface area contributed by atoms with E-state index in [9.17, 15) is 9.90 Å². The van der Waals surface area contributed by atoms with Gasteiger partial charge in [0.05, 0.1) is 17.6 Å². The first-order valence-electron chi connectivity index (χ1n) is 6.95. The molecule has 0 aliphatic heterocycles. The lowest BCUT2D eigenvalue weighted by Gasteiger charge is -2.19. The Morgan fingerprint density at radius 3 is 2.76 bits per heavy atom. The van der Waals surface area contributed by atoms with Crippen molar-refractivity contribution < 1.29 is 14.6 Å². The van der Waals surface area contributed by atoms with Crippen LogP contribution in [-0.2, 0) is 17.8 Å². The average Bonchev–Trinajstić information content (AvgIpc) is 2.71. The van der Waals surface area contributed by atoms with Crippen LogP contribution >= 0.6 is 0 Å². The molecule has 6 nitrogen and oxygen atoms in total. The van der Waals surface area contributed by atoms with Crippen molar-refractivity contribution in [1.82, 2.24) is 14.9 Å². The van der Waals surface area contributed by atoms with Crippen molar-refractivity contribution in [3.63, 3.8) is 0 Å². The fraction of sp³-hybridized carbons (Fsp3) is 0.467. The summed E-state index contributed by atoms with van der Waals surface area (Å²) >= 11 is 0. The maximum atomic E-state index is 11.7. The Hall–Kier alpha value is -2.24. The average molecular weight is 291 g/mol. The second kappa shape index (κ2) is 5.63. The number of phenols is 1. The number of hydrogen-bond donors (Lipinski definition) is 2.